The van der Waals surface area contributed by atoms with Crippen LogP contribution in [0.3, 0.4) is 0 Å². The zero-order valence-corrected chi connectivity index (χ0v) is 10.5. The zero-order valence-electron chi connectivity index (χ0n) is 9.00. The Hall–Kier alpha value is -1.33. The molecule has 0 aliphatic heterocycles. The number of hydrogen-bond donors (Lipinski definition) is 1. The molecule has 0 unspecified atom stereocenters. The fourth-order valence-electron chi connectivity index (χ4n) is 1.21. The van der Waals surface area contributed by atoms with E-state index in [1.165, 1.54) is 6.07 Å². The minimum absolute atomic E-state index is 0.0637. The third-order valence-electron chi connectivity index (χ3n) is 1.98. The number of carbonyl (C=O) groups is 1. The molecule has 0 spiro atoms. The molecule has 1 rings (SSSR count). The maximum atomic E-state index is 11.3. The van der Waals surface area contributed by atoms with Gasteiger partial charge in [0, 0.05) is 12.5 Å². The van der Waals surface area contributed by atoms with E-state index in [-0.39, 0.29) is 27.3 Å². The predicted octanol–water partition coefficient (Wildman–Crippen LogP) is 3.64. The van der Waals surface area contributed by atoms with E-state index in [9.17, 15) is 14.9 Å². The summed E-state index contributed by atoms with van der Waals surface area (Å²) in [4.78, 5) is 21.3. The maximum absolute atomic E-state index is 11.3. The standard InChI is InChI=1S/C10H10Cl2N2O3/c1-2-3-10(15)13-8-4-7(12)9(14(16)17)5-6(8)11/h4-5H,2-3H2,1H3,(H,13,15). The van der Waals surface area contributed by atoms with Crippen LogP contribution in [0.15, 0.2) is 12.1 Å². The number of benzene rings is 1. The molecule has 0 radical (unpaired) electrons. The summed E-state index contributed by atoms with van der Waals surface area (Å²) in [5.41, 5.74) is -0.00845. The third kappa shape index (κ3) is 3.57. The zero-order chi connectivity index (χ0) is 13.0. The number of amides is 1. The number of nitrogens with one attached hydrogen (secondary N) is 1. The molecule has 1 N–H and O–H groups in total. The molecule has 0 saturated heterocycles. The molecule has 0 fully saturated rings. The van der Waals surface area contributed by atoms with Gasteiger partial charge in [0.1, 0.15) is 5.02 Å². The SMILES string of the molecule is CCCC(=O)Nc1cc(Cl)c([N+](=O)[O-])cc1Cl. The van der Waals surface area contributed by atoms with Gasteiger partial charge in [0.2, 0.25) is 5.91 Å². The predicted molar refractivity (Wildman–Crippen MR) is 66.7 cm³/mol. The number of anilines is 1. The van der Waals surface area contributed by atoms with Crippen molar-refractivity contribution in [1.82, 2.24) is 0 Å². The van der Waals surface area contributed by atoms with Crippen LogP contribution in [0, 0.1) is 10.1 Å². The first-order valence-corrected chi connectivity index (χ1v) is 5.64. The number of halogens is 2. The van der Waals surface area contributed by atoms with E-state index in [1.54, 1.807) is 0 Å². The fraction of sp³-hybridized carbons (Fsp3) is 0.300. The minimum Gasteiger partial charge on any atom is -0.325 e. The molecule has 0 atom stereocenters. The Kier molecular flexibility index (Phi) is 4.72. The Bertz CT molecular complexity index is 463. The summed E-state index contributed by atoms with van der Waals surface area (Å²) in [6.07, 6.45) is 1.05. The van der Waals surface area contributed by atoms with Crippen molar-refractivity contribution in [2.45, 2.75) is 19.8 Å². The lowest BCUT2D eigenvalue weighted by Gasteiger charge is -2.07. The Morgan fingerprint density at radius 2 is 2.06 bits per heavy atom. The van der Waals surface area contributed by atoms with Crippen LogP contribution >= 0.6 is 23.2 Å². The second-order valence-electron chi connectivity index (χ2n) is 3.34. The Morgan fingerprint density at radius 1 is 1.41 bits per heavy atom. The second-order valence-corrected chi connectivity index (χ2v) is 4.15. The summed E-state index contributed by atoms with van der Waals surface area (Å²) in [5, 5.41) is 13.2. The number of carbonyl (C=O) groups excluding carboxylic acids is 1. The van der Waals surface area contributed by atoms with Gasteiger partial charge < -0.3 is 5.32 Å². The molecule has 5 nitrogen and oxygen atoms in total. The molecular formula is C10H10Cl2N2O3. The number of hydrogen-bond acceptors (Lipinski definition) is 3. The van der Waals surface area contributed by atoms with Gasteiger partial charge in [-0.1, -0.05) is 30.1 Å². The first-order chi connectivity index (χ1) is 7.95. The Morgan fingerprint density at radius 3 is 2.59 bits per heavy atom. The number of rotatable bonds is 4. The molecule has 0 saturated carbocycles. The largest absolute Gasteiger partial charge is 0.325 e. The van der Waals surface area contributed by atoms with Crippen LogP contribution in [0.2, 0.25) is 10.0 Å². The highest BCUT2D eigenvalue weighted by Gasteiger charge is 2.16. The van der Waals surface area contributed by atoms with E-state index < -0.39 is 4.92 Å². The average Bonchev–Trinajstić information content (AvgIpc) is 2.22. The van der Waals surface area contributed by atoms with Crippen molar-refractivity contribution < 1.29 is 9.72 Å². The molecular weight excluding hydrogens is 267 g/mol. The summed E-state index contributed by atoms with van der Waals surface area (Å²) in [7, 11) is 0. The van der Waals surface area contributed by atoms with E-state index in [4.69, 9.17) is 23.2 Å². The third-order valence-corrected chi connectivity index (χ3v) is 2.60. The lowest BCUT2D eigenvalue weighted by Crippen LogP contribution is -2.11. The van der Waals surface area contributed by atoms with Crippen LogP contribution in [0.5, 0.6) is 0 Å². The topological polar surface area (TPSA) is 72.2 Å². The highest BCUT2D eigenvalue weighted by atomic mass is 35.5. The maximum Gasteiger partial charge on any atom is 0.289 e. The van der Waals surface area contributed by atoms with Crippen LogP contribution in [0.1, 0.15) is 19.8 Å². The summed E-state index contributed by atoms with van der Waals surface area (Å²) in [6.45, 7) is 1.87. The molecule has 0 bridgehead atoms. The van der Waals surface area contributed by atoms with Gasteiger partial charge in [-0.05, 0) is 12.5 Å². The van der Waals surface area contributed by atoms with Crippen molar-refractivity contribution in [2.75, 3.05) is 5.32 Å². The van der Waals surface area contributed by atoms with Gasteiger partial charge in [0.15, 0.2) is 0 Å². The molecule has 1 aromatic carbocycles. The van der Waals surface area contributed by atoms with Crippen LogP contribution in [-0.4, -0.2) is 10.8 Å². The molecule has 0 heterocycles. The van der Waals surface area contributed by atoms with Crippen molar-refractivity contribution in [1.29, 1.82) is 0 Å². The van der Waals surface area contributed by atoms with E-state index >= 15 is 0 Å². The first-order valence-electron chi connectivity index (χ1n) is 4.89. The lowest BCUT2D eigenvalue weighted by atomic mass is 10.2. The van der Waals surface area contributed by atoms with Gasteiger partial charge in [-0.2, -0.15) is 0 Å². The second kappa shape index (κ2) is 5.84. The summed E-state index contributed by atoms with van der Waals surface area (Å²) in [6, 6.07) is 2.39. The van der Waals surface area contributed by atoms with E-state index in [0.717, 1.165) is 6.07 Å². The van der Waals surface area contributed by atoms with Crippen molar-refractivity contribution >= 4 is 40.5 Å². The minimum atomic E-state index is -0.633. The Balaban J connectivity index is 2.99. The van der Waals surface area contributed by atoms with Gasteiger partial charge in [-0.15, -0.1) is 0 Å². The summed E-state index contributed by atoms with van der Waals surface area (Å²) in [5.74, 6) is -0.209. The number of nitro benzene ring substituents is 1. The fourth-order valence-corrected chi connectivity index (χ4v) is 1.65. The average molecular weight is 277 g/mol. The van der Waals surface area contributed by atoms with Gasteiger partial charge in [-0.3, -0.25) is 14.9 Å². The smallest absolute Gasteiger partial charge is 0.289 e. The summed E-state index contributed by atoms with van der Waals surface area (Å²) >= 11 is 11.5. The number of nitrogens with zero attached hydrogens (tertiary/aromatic N) is 1. The molecule has 7 heteroatoms. The molecule has 92 valence electrons. The van der Waals surface area contributed by atoms with Crippen LogP contribution in [0.4, 0.5) is 11.4 Å². The van der Waals surface area contributed by atoms with Crippen molar-refractivity contribution in [3.63, 3.8) is 0 Å². The highest BCUT2D eigenvalue weighted by molar-refractivity contribution is 6.37. The van der Waals surface area contributed by atoms with E-state index in [0.29, 0.717) is 12.8 Å². The summed E-state index contributed by atoms with van der Waals surface area (Å²) < 4.78 is 0. The van der Waals surface area contributed by atoms with E-state index in [2.05, 4.69) is 5.32 Å². The monoisotopic (exact) mass is 276 g/mol. The van der Waals surface area contributed by atoms with Gasteiger partial charge in [-0.25, -0.2) is 0 Å². The van der Waals surface area contributed by atoms with Crippen LogP contribution in [0.25, 0.3) is 0 Å². The van der Waals surface area contributed by atoms with Crippen molar-refractivity contribution in [2.24, 2.45) is 0 Å². The molecule has 1 aromatic rings. The lowest BCUT2D eigenvalue weighted by molar-refractivity contribution is -0.384. The number of nitro groups is 1. The van der Waals surface area contributed by atoms with Crippen LogP contribution < -0.4 is 5.32 Å². The first kappa shape index (κ1) is 13.7. The normalized spacial score (nSPS) is 10.1. The van der Waals surface area contributed by atoms with Crippen molar-refractivity contribution in [3.8, 4) is 0 Å². The van der Waals surface area contributed by atoms with Gasteiger partial charge in [0.05, 0.1) is 15.6 Å². The quantitative estimate of drug-likeness (QED) is 0.674. The van der Waals surface area contributed by atoms with E-state index in [1.807, 2.05) is 6.92 Å². The molecule has 0 aliphatic carbocycles. The van der Waals surface area contributed by atoms with Gasteiger partial charge >= 0.3 is 0 Å². The van der Waals surface area contributed by atoms with Gasteiger partial charge in [0.25, 0.3) is 5.69 Å². The molecule has 17 heavy (non-hydrogen) atoms. The molecule has 1 amide bonds. The molecule has 0 aromatic heterocycles. The van der Waals surface area contributed by atoms with Crippen molar-refractivity contribution in [3.05, 3.63) is 32.3 Å². The van der Waals surface area contributed by atoms with Crippen LogP contribution in [-0.2, 0) is 4.79 Å². The molecule has 0 aliphatic rings. The Labute approximate surface area is 108 Å². The highest BCUT2D eigenvalue weighted by Crippen LogP contribution is 2.33.